The number of amides is 1. The fraction of sp³-hybridized carbons (Fsp3) is 0.381. The third kappa shape index (κ3) is 4.01. The Morgan fingerprint density at radius 3 is 2.39 bits per heavy atom. The van der Waals surface area contributed by atoms with Crippen LogP contribution in [-0.2, 0) is 11.2 Å². The van der Waals surface area contributed by atoms with Gasteiger partial charge in [-0.1, -0.05) is 60.7 Å². The zero-order valence-corrected chi connectivity index (χ0v) is 13.8. The second kappa shape index (κ2) is 7.45. The van der Waals surface area contributed by atoms with Crippen molar-refractivity contribution in [2.24, 2.45) is 5.92 Å². The smallest absolute Gasteiger partial charge is 0.223 e. The first kappa shape index (κ1) is 15.8. The molecular formula is C21H25NO. The number of nitrogens with zero attached hydrogens (tertiary/aromatic N) is 1. The standard InChI is InChI=1S/C21H25NO/c1-17(20-12-6-3-7-13-20)22-14-8-11-19(16-21(22)23)15-18-9-4-2-5-10-18/h2-7,9-10,12-13,17,19H,8,11,14-16H2,1H3/t17-,19+/m1/s1. The van der Waals surface area contributed by atoms with Crippen LogP contribution in [0.2, 0.25) is 0 Å². The topological polar surface area (TPSA) is 20.3 Å². The molecule has 23 heavy (non-hydrogen) atoms. The number of carbonyl (C=O) groups excluding carboxylic acids is 1. The lowest BCUT2D eigenvalue weighted by Gasteiger charge is -2.28. The molecule has 0 saturated carbocycles. The van der Waals surface area contributed by atoms with Gasteiger partial charge in [0.1, 0.15) is 0 Å². The molecule has 0 bridgehead atoms. The SMILES string of the molecule is C[C@H](c1ccccc1)N1CCC[C@@H](Cc2ccccc2)CC1=O. The van der Waals surface area contributed by atoms with Gasteiger partial charge in [-0.15, -0.1) is 0 Å². The van der Waals surface area contributed by atoms with Crippen LogP contribution in [0.3, 0.4) is 0 Å². The average molecular weight is 307 g/mol. The minimum absolute atomic E-state index is 0.166. The molecule has 0 aromatic heterocycles. The van der Waals surface area contributed by atoms with E-state index in [2.05, 4.69) is 48.2 Å². The summed E-state index contributed by atoms with van der Waals surface area (Å²) in [6.07, 6.45) is 3.92. The molecule has 0 radical (unpaired) electrons. The number of hydrogen-bond acceptors (Lipinski definition) is 1. The van der Waals surface area contributed by atoms with E-state index in [1.54, 1.807) is 0 Å². The lowest BCUT2D eigenvalue weighted by Crippen LogP contribution is -2.33. The minimum atomic E-state index is 0.166. The molecule has 1 fully saturated rings. The molecule has 2 heteroatoms. The van der Waals surface area contributed by atoms with Gasteiger partial charge in [-0.25, -0.2) is 0 Å². The summed E-state index contributed by atoms with van der Waals surface area (Å²) >= 11 is 0. The summed E-state index contributed by atoms with van der Waals surface area (Å²) in [5.41, 5.74) is 2.57. The van der Waals surface area contributed by atoms with E-state index in [0.29, 0.717) is 18.2 Å². The van der Waals surface area contributed by atoms with Crippen LogP contribution < -0.4 is 0 Å². The van der Waals surface area contributed by atoms with E-state index in [4.69, 9.17) is 0 Å². The molecular weight excluding hydrogens is 282 g/mol. The Bertz CT molecular complexity index is 623. The van der Waals surface area contributed by atoms with Crippen molar-refractivity contribution in [1.82, 2.24) is 4.90 Å². The lowest BCUT2D eigenvalue weighted by atomic mass is 9.92. The highest BCUT2D eigenvalue weighted by Crippen LogP contribution is 2.28. The van der Waals surface area contributed by atoms with Crippen molar-refractivity contribution in [3.63, 3.8) is 0 Å². The normalized spacial score (nSPS) is 20.1. The number of likely N-dealkylation sites (tertiary alicyclic amines) is 1. The lowest BCUT2D eigenvalue weighted by molar-refractivity contribution is -0.133. The van der Waals surface area contributed by atoms with E-state index in [1.807, 2.05) is 24.3 Å². The predicted molar refractivity (Wildman–Crippen MR) is 94.1 cm³/mol. The maximum Gasteiger partial charge on any atom is 0.223 e. The van der Waals surface area contributed by atoms with E-state index in [-0.39, 0.29) is 6.04 Å². The van der Waals surface area contributed by atoms with E-state index < -0.39 is 0 Å². The van der Waals surface area contributed by atoms with Crippen molar-refractivity contribution in [3.8, 4) is 0 Å². The fourth-order valence-electron chi connectivity index (χ4n) is 3.58. The van der Waals surface area contributed by atoms with Crippen molar-refractivity contribution in [2.75, 3.05) is 6.54 Å². The first-order chi connectivity index (χ1) is 11.2. The van der Waals surface area contributed by atoms with Crippen LogP contribution in [0.15, 0.2) is 60.7 Å². The van der Waals surface area contributed by atoms with E-state index in [9.17, 15) is 4.79 Å². The van der Waals surface area contributed by atoms with Crippen LogP contribution in [0.4, 0.5) is 0 Å². The molecule has 120 valence electrons. The molecule has 2 aromatic carbocycles. The largest absolute Gasteiger partial charge is 0.336 e. The molecule has 1 aliphatic rings. The minimum Gasteiger partial charge on any atom is -0.336 e. The van der Waals surface area contributed by atoms with Crippen LogP contribution in [-0.4, -0.2) is 17.4 Å². The molecule has 0 N–H and O–H groups in total. The van der Waals surface area contributed by atoms with Gasteiger partial charge in [0.15, 0.2) is 0 Å². The highest BCUT2D eigenvalue weighted by molar-refractivity contribution is 5.77. The van der Waals surface area contributed by atoms with Crippen LogP contribution in [0, 0.1) is 5.92 Å². The average Bonchev–Trinajstić information content (AvgIpc) is 2.77. The van der Waals surface area contributed by atoms with Gasteiger partial charge in [0.05, 0.1) is 6.04 Å². The molecule has 1 saturated heterocycles. The number of benzene rings is 2. The molecule has 1 amide bonds. The van der Waals surface area contributed by atoms with Crippen LogP contribution in [0.1, 0.15) is 43.4 Å². The zero-order chi connectivity index (χ0) is 16.1. The first-order valence-corrected chi connectivity index (χ1v) is 8.62. The second-order valence-electron chi connectivity index (χ2n) is 6.58. The summed E-state index contributed by atoms with van der Waals surface area (Å²) in [5, 5.41) is 0. The molecule has 0 unspecified atom stereocenters. The van der Waals surface area contributed by atoms with Gasteiger partial charge >= 0.3 is 0 Å². The summed E-state index contributed by atoms with van der Waals surface area (Å²) < 4.78 is 0. The summed E-state index contributed by atoms with van der Waals surface area (Å²) in [6.45, 7) is 3.02. The van der Waals surface area contributed by atoms with Gasteiger partial charge in [-0.3, -0.25) is 4.79 Å². The monoisotopic (exact) mass is 307 g/mol. The number of carbonyl (C=O) groups is 1. The Hall–Kier alpha value is -2.09. The Balaban J connectivity index is 1.66. The molecule has 2 aromatic rings. The third-order valence-electron chi connectivity index (χ3n) is 4.91. The van der Waals surface area contributed by atoms with E-state index in [0.717, 1.165) is 25.8 Å². The van der Waals surface area contributed by atoms with Crippen molar-refractivity contribution in [3.05, 3.63) is 71.8 Å². The van der Waals surface area contributed by atoms with Gasteiger partial charge in [0, 0.05) is 13.0 Å². The van der Waals surface area contributed by atoms with Crippen molar-refractivity contribution < 1.29 is 4.79 Å². The molecule has 3 rings (SSSR count). The molecule has 1 heterocycles. The van der Waals surface area contributed by atoms with Gasteiger partial charge in [-0.2, -0.15) is 0 Å². The fourth-order valence-corrected chi connectivity index (χ4v) is 3.58. The van der Waals surface area contributed by atoms with E-state index >= 15 is 0 Å². The first-order valence-electron chi connectivity index (χ1n) is 8.62. The maximum absolute atomic E-state index is 12.8. The maximum atomic E-state index is 12.8. The van der Waals surface area contributed by atoms with Gasteiger partial charge in [-0.05, 0) is 43.2 Å². The molecule has 2 atom stereocenters. The third-order valence-corrected chi connectivity index (χ3v) is 4.91. The Morgan fingerprint density at radius 2 is 1.70 bits per heavy atom. The summed E-state index contributed by atoms with van der Waals surface area (Å²) in [5.74, 6) is 0.776. The Morgan fingerprint density at radius 1 is 1.04 bits per heavy atom. The summed E-state index contributed by atoms with van der Waals surface area (Å²) in [7, 11) is 0. The Labute approximate surface area is 139 Å². The van der Waals surface area contributed by atoms with Crippen LogP contribution in [0.5, 0.6) is 0 Å². The highest BCUT2D eigenvalue weighted by Gasteiger charge is 2.27. The summed E-state index contributed by atoms with van der Waals surface area (Å²) in [4.78, 5) is 14.8. The number of hydrogen-bond donors (Lipinski definition) is 0. The van der Waals surface area contributed by atoms with E-state index in [1.165, 1.54) is 11.1 Å². The second-order valence-corrected chi connectivity index (χ2v) is 6.58. The summed E-state index contributed by atoms with van der Waals surface area (Å²) in [6, 6.07) is 21.1. The highest BCUT2D eigenvalue weighted by atomic mass is 16.2. The van der Waals surface area contributed by atoms with Gasteiger partial charge in [0.2, 0.25) is 5.91 Å². The number of rotatable bonds is 4. The molecule has 0 spiro atoms. The van der Waals surface area contributed by atoms with Crippen molar-refractivity contribution in [2.45, 2.75) is 38.6 Å². The zero-order valence-electron chi connectivity index (χ0n) is 13.8. The molecule has 0 aliphatic carbocycles. The van der Waals surface area contributed by atoms with Crippen molar-refractivity contribution >= 4 is 5.91 Å². The Kier molecular flexibility index (Phi) is 5.12. The predicted octanol–water partition coefficient (Wildman–Crippen LogP) is 4.62. The molecule has 1 aliphatic heterocycles. The van der Waals surface area contributed by atoms with Crippen molar-refractivity contribution in [1.29, 1.82) is 0 Å². The molecule has 2 nitrogen and oxygen atoms in total. The quantitative estimate of drug-likeness (QED) is 0.807. The van der Waals surface area contributed by atoms with Crippen LogP contribution in [0.25, 0.3) is 0 Å². The van der Waals surface area contributed by atoms with Gasteiger partial charge < -0.3 is 4.90 Å². The van der Waals surface area contributed by atoms with Crippen LogP contribution >= 0.6 is 0 Å². The van der Waals surface area contributed by atoms with Gasteiger partial charge in [0.25, 0.3) is 0 Å².